The van der Waals surface area contributed by atoms with Gasteiger partial charge in [0.2, 0.25) is 5.91 Å². The summed E-state index contributed by atoms with van der Waals surface area (Å²) in [7, 11) is 0. The number of hydrogen-bond donors (Lipinski definition) is 1. The van der Waals surface area contributed by atoms with Crippen LogP contribution in [0.3, 0.4) is 0 Å². The summed E-state index contributed by atoms with van der Waals surface area (Å²) in [5.74, 6) is -1.22. The largest absolute Gasteiger partial charge is 0.480 e. The lowest BCUT2D eigenvalue weighted by Crippen LogP contribution is -2.36. The fourth-order valence-corrected chi connectivity index (χ4v) is 2.08. The van der Waals surface area contributed by atoms with Gasteiger partial charge in [0, 0.05) is 18.9 Å². The molecule has 0 saturated carbocycles. The van der Waals surface area contributed by atoms with Gasteiger partial charge in [0.15, 0.2) is 0 Å². The lowest BCUT2D eigenvalue weighted by atomic mass is 9.95. The molecule has 108 valence electrons. The van der Waals surface area contributed by atoms with Crippen LogP contribution in [0.2, 0.25) is 0 Å². The van der Waals surface area contributed by atoms with Gasteiger partial charge < -0.3 is 10.0 Å². The van der Waals surface area contributed by atoms with Crippen molar-refractivity contribution in [1.82, 2.24) is 4.90 Å². The van der Waals surface area contributed by atoms with E-state index in [2.05, 4.69) is 6.58 Å². The van der Waals surface area contributed by atoms with Gasteiger partial charge in [0.25, 0.3) is 0 Å². The number of benzene rings is 1. The van der Waals surface area contributed by atoms with E-state index in [-0.39, 0.29) is 24.8 Å². The van der Waals surface area contributed by atoms with Crippen molar-refractivity contribution in [1.29, 1.82) is 0 Å². The number of carboxylic acids is 1. The SMILES string of the molecule is C=CC(CC(=O)N(CCC)CC(=O)O)c1ccccc1. The molecule has 1 unspecified atom stereocenters. The molecule has 0 radical (unpaired) electrons. The minimum atomic E-state index is -0.985. The Morgan fingerprint density at radius 1 is 1.35 bits per heavy atom. The number of carbonyl (C=O) groups excluding carboxylic acids is 1. The number of aliphatic carboxylic acids is 1. The Bertz CT molecular complexity index is 456. The number of amides is 1. The Morgan fingerprint density at radius 2 is 2.00 bits per heavy atom. The maximum absolute atomic E-state index is 12.2. The van der Waals surface area contributed by atoms with Crippen LogP contribution in [0, 0.1) is 0 Å². The molecule has 0 heterocycles. The monoisotopic (exact) mass is 275 g/mol. The molecule has 0 aliphatic heterocycles. The molecule has 4 heteroatoms. The maximum atomic E-state index is 12.2. The quantitative estimate of drug-likeness (QED) is 0.742. The molecular weight excluding hydrogens is 254 g/mol. The Labute approximate surface area is 119 Å². The van der Waals surface area contributed by atoms with Gasteiger partial charge >= 0.3 is 5.97 Å². The second kappa shape index (κ2) is 8.15. The summed E-state index contributed by atoms with van der Waals surface area (Å²) in [6.45, 7) is 5.91. The number of nitrogens with zero attached hydrogens (tertiary/aromatic N) is 1. The Kier molecular flexibility index (Phi) is 6.50. The summed E-state index contributed by atoms with van der Waals surface area (Å²) >= 11 is 0. The van der Waals surface area contributed by atoms with Crippen LogP contribution in [0.4, 0.5) is 0 Å². The highest BCUT2D eigenvalue weighted by Gasteiger charge is 2.19. The maximum Gasteiger partial charge on any atom is 0.323 e. The molecule has 0 spiro atoms. The van der Waals surface area contributed by atoms with Crippen molar-refractivity contribution in [2.75, 3.05) is 13.1 Å². The molecule has 0 aliphatic carbocycles. The van der Waals surface area contributed by atoms with Crippen LogP contribution >= 0.6 is 0 Å². The highest BCUT2D eigenvalue weighted by Crippen LogP contribution is 2.21. The normalized spacial score (nSPS) is 11.7. The predicted octanol–water partition coefficient (Wildman–Crippen LogP) is 2.67. The lowest BCUT2D eigenvalue weighted by Gasteiger charge is -2.22. The number of carbonyl (C=O) groups is 2. The van der Waals surface area contributed by atoms with Crippen LogP contribution < -0.4 is 0 Å². The van der Waals surface area contributed by atoms with Gasteiger partial charge in [-0.3, -0.25) is 9.59 Å². The van der Waals surface area contributed by atoms with Crippen molar-refractivity contribution in [3.63, 3.8) is 0 Å². The van der Waals surface area contributed by atoms with Gasteiger partial charge in [0.1, 0.15) is 6.54 Å². The molecule has 0 aromatic heterocycles. The first kappa shape index (κ1) is 16.0. The van der Waals surface area contributed by atoms with Crippen LogP contribution in [0.5, 0.6) is 0 Å². The fourth-order valence-electron chi connectivity index (χ4n) is 2.08. The van der Waals surface area contributed by atoms with Crippen LogP contribution in [0.1, 0.15) is 31.2 Å². The van der Waals surface area contributed by atoms with Crippen molar-refractivity contribution in [3.05, 3.63) is 48.6 Å². The van der Waals surface area contributed by atoms with E-state index in [9.17, 15) is 9.59 Å². The number of hydrogen-bond acceptors (Lipinski definition) is 2. The molecule has 20 heavy (non-hydrogen) atoms. The van der Waals surface area contributed by atoms with E-state index in [1.54, 1.807) is 6.08 Å². The first-order chi connectivity index (χ1) is 9.58. The van der Waals surface area contributed by atoms with Gasteiger partial charge in [-0.05, 0) is 12.0 Å². The smallest absolute Gasteiger partial charge is 0.323 e. The minimum Gasteiger partial charge on any atom is -0.480 e. The summed E-state index contributed by atoms with van der Waals surface area (Å²) < 4.78 is 0. The Balaban J connectivity index is 2.74. The third-order valence-electron chi connectivity index (χ3n) is 3.08. The average Bonchev–Trinajstić information content (AvgIpc) is 2.44. The first-order valence-electron chi connectivity index (χ1n) is 6.75. The van der Waals surface area contributed by atoms with Crippen molar-refractivity contribution in [2.24, 2.45) is 0 Å². The lowest BCUT2D eigenvalue weighted by molar-refractivity contribution is -0.144. The molecule has 0 fully saturated rings. The number of allylic oxidation sites excluding steroid dienone is 1. The van der Waals surface area contributed by atoms with Crippen molar-refractivity contribution >= 4 is 11.9 Å². The molecule has 1 amide bonds. The Morgan fingerprint density at radius 3 is 2.50 bits per heavy atom. The second-order valence-corrected chi connectivity index (χ2v) is 4.67. The predicted molar refractivity (Wildman–Crippen MR) is 78.5 cm³/mol. The summed E-state index contributed by atoms with van der Waals surface area (Å²) in [5, 5.41) is 8.85. The molecule has 0 bridgehead atoms. The summed E-state index contributed by atoms with van der Waals surface area (Å²) in [6, 6.07) is 9.63. The summed E-state index contributed by atoms with van der Waals surface area (Å²) in [4.78, 5) is 24.4. The van der Waals surface area contributed by atoms with Crippen molar-refractivity contribution in [2.45, 2.75) is 25.7 Å². The van der Waals surface area contributed by atoms with E-state index < -0.39 is 5.97 Å². The van der Waals surface area contributed by atoms with E-state index in [1.807, 2.05) is 37.3 Å². The number of carboxylic acid groups (broad SMARTS) is 1. The van der Waals surface area contributed by atoms with Crippen LogP contribution in [0.15, 0.2) is 43.0 Å². The summed E-state index contributed by atoms with van der Waals surface area (Å²) in [6.07, 6.45) is 2.72. The summed E-state index contributed by atoms with van der Waals surface area (Å²) in [5.41, 5.74) is 1.02. The van der Waals surface area contributed by atoms with Crippen LogP contribution in [0.25, 0.3) is 0 Å². The van der Waals surface area contributed by atoms with Crippen molar-refractivity contribution in [3.8, 4) is 0 Å². The van der Waals surface area contributed by atoms with Gasteiger partial charge in [-0.2, -0.15) is 0 Å². The number of rotatable bonds is 8. The van der Waals surface area contributed by atoms with Gasteiger partial charge in [-0.15, -0.1) is 6.58 Å². The molecule has 0 saturated heterocycles. The van der Waals surface area contributed by atoms with E-state index in [1.165, 1.54) is 4.90 Å². The van der Waals surface area contributed by atoms with E-state index in [4.69, 9.17) is 5.11 Å². The third-order valence-corrected chi connectivity index (χ3v) is 3.08. The zero-order chi connectivity index (χ0) is 15.0. The van der Waals surface area contributed by atoms with Crippen LogP contribution in [-0.2, 0) is 9.59 Å². The zero-order valence-electron chi connectivity index (χ0n) is 11.8. The topological polar surface area (TPSA) is 57.6 Å². The Hall–Kier alpha value is -2.10. The molecule has 0 aliphatic rings. The van der Waals surface area contributed by atoms with E-state index >= 15 is 0 Å². The fraction of sp³-hybridized carbons (Fsp3) is 0.375. The van der Waals surface area contributed by atoms with Gasteiger partial charge in [0.05, 0.1) is 0 Å². The molecule has 4 nitrogen and oxygen atoms in total. The molecule has 1 aromatic rings. The first-order valence-corrected chi connectivity index (χ1v) is 6.75. The molecule has 1 aromatic carbocycles. The second-order valence-electron chi connectivity index (χ2n) is 4.67. The van der Waals surface area contributed by atoms with Crippen LogP contribution in [-0.4, -0.2) is 35.0 Å². The zero-order valence-corrected chi connectivity index (χ0v) is 11.8. The van der Waals surface area contributed by atoms with E-state index in [0.717, 1.165) is 12.0 Å². The minimum absolute atomic E-state index is 0.0862. The van der Waals surface area contributed by atoms with E-state index in [0.29, 0.717) is 6.54 Å². The van der Waals surface area contributed by atoms with Crippen molar-refractivity contribution < 1.29 is 14.7 Å². The third kappa shape index (κ3) is 4.88. The molecule has 1 rings (SSSR count). The molecular formula is C16H21NO3. The van der Waals surface area contributed by atoms with Gasteiger partial charge in [-0.25, -0.2) is 0 Å². The van der Waals surface area contributed by atoms with Gasteiger partial charge in [-0.1, -0.05) is 43.3 Å². The highest BCUT2D eigenvalue weighted by atomic mass is 16.4. The standard InChI is InChI=1S/C16H21NO3/c1-3-10-17(12-16(19)20)15(18)11-13(4-2)14-8-6-5-7-9-14/h4-9,13H,2-3,10-12H2,1H3,(H,19,20). The average molecular weight is 275 g/mol. The molecule has 1 N–H and O–H groups in total. The molecule has 1 atom stereocenters. The highest BCUT2D eigenvalue weighted by molar-refractivity contribution is 5.82.